The van der Waals surface area contributed by atoms with Crippen LogP contribution in [-0.4, -0.2) is 46.5 Å². The van der Waals surface area contributed by atoms with E-state index in [4.69, 9.17) is 10.00 Å². The number of rotatable bonds is 6. The van der Waals surface area contributed by atoms with E-state index in [1.165, 1.54) is 12.4 Å². The van der Waals surface area contributed by atoms with Crippen LogP contribution < -0.4 is 10.1 Å². The van der Waals surface area contributed by atoms with Crippen molar-refractivity contribution in [1.82, 2.24) is 14.9 Å². The molecule has 7 nitrogen and oxygen atoms in total. The summed E-state index contributed by atoms with van der Waals surface area (Å²) in [5.74, 6) is 1.45. The van der Waals surface area contributed by atoms with Crippen molar-refractivity contribution in [2.24, 2.45) is 0 Å². The number of carbonyl (C=O) groups excluding carboxylic acids is 1. The molecule has 0 spiro atoms. The third-order valence-corrected chi connectivity index (χ3v) is 3.71. The maximum atomic E-state index is 12.1. The topological polar surface area (TPSA) is 91.1 Å². The summed E-state index contributed by atoms with van der Waals surface area (Å²) in [6.07, 6.45) is 3.32. The van der Waals surface area contributed by atoms with Crippen molar-refractivity contribution in [3.8, 4) is 11.8 Å². The number of anilines is 1. The highest BCUT2D eigenvalue weighted by atomic mass is 16.5. The third kappa shape index (κ3) is 3.98. The van der Waals surface area contributed by atoms with Crippen molar-refractivity contribution in [2.75, 3.05) is 25.0 Å². The minimum atomic E-state index is -0.0172. The normalized spacial score (nSPS) is 16.7. The average Bonchev–Trinajstić information content (AvgIpc) is 2.96. The molecule has 0 saturated carbocycles. The summed E-state index contributed by atoms with van der Waals surface area (Å²) in [4.78, 5) is 21.9. The van der Waals surface area contributed by atoms with E-state index in [9.17, 15) is 4.79 Å². The van der Waals surface area contributed by atoms with Crippen molar-refractivity contribution in [3.63, 3.8) is 0 Å². The highest BCUT2D eigenvalue weighted by Gasteiger charge is 2.29. The molecule has 122 valence electrons. The average molecular weight is 323 g/mol. The van der Waals surface area contributed by atoms with Crippen molar-refractivity contribution < 1.29 is 9.53 Å². The fourth-order valence-electron chi connectivity index (χ4n) is 2.54. The maximum Gasteiger partial charge on any atom is 0.224 e. The third-order valence-electron chi connectivity index (χ3n) is 3.71. The van der Waals surface area contributed by atoms with Gasteiger partial charge in [0.05, 0.1) is 25.0 Å². The fourth-order valence-corrected chi connectivity index (χ4v) is 2.54. The van der Waals surface area contributed by atoms with Crippen molar-refractivity contribution in [1.29, 1.82) is 5.26 Å². The molecule has 0 bridgehead atoms. The SMILES string of the molecule is N#Cc1cnc(NC2CC(=O)N(CCOc3ccccc3)C2)cn1. The molecule has 24 heavy (non-hydrogen) atoms. The molecule has 2 heterocycles. The van der Waals surface area contributed by atoms with E-state index in [1.807, 2.05) is 36.4 Å². The Balaban J connectivity index is 1.47. The van der Waals surface area contributed by atoms with Gasteiger partial charge in [0, 0.05) is 13.0 Å². The number of likely N-dealkylation sites (tertiary alicyclic amines) is 1. The summed E-state index contributed by atoms with van der Waals surface area (Å²) in [5, 5.41) is 11.9. The summed E-state index contributed by atoms with van der Waals surface area (Å²) < 4.78 is 5.63. The molecule has 1 amide bonds. The quantitative estimate of drug-likeness (QED) is 0.865. The zero-order chi connectivity index (χ0) is 16.8. The molecular weight excluding hydrogens is 306 g/mol. The van der Waals surface area contributed by atoms with Crippen LogP contribution in [-0.2, 0) is 4.79 Å². The number of para-hydroxylation sites is 1. The number of benzene rings is 1. The second-order valence-corrected chi connectivity index (χ2v) is 5.45. The molecule has 7 heteroatoms. The van der Waals surface area contributed by atoms with Crippen LogP contribution in [0.1, 0.15) is 12.1 Å². The lowest BCUT2D eigenvalue weighted by atomic mass is 10.2. The summed E-state index contributed by atoms with van der Waals surface area (Å²) in [6.45, 7) is 1.60. The second-order valence-electron chi connectivity index (χ2n) is 5.45. The largest absolute Gasteiger partial charge is 0.492 e. The number of aromatic nitrogens is 2. The molecule has 2 aromatic rings. The van der Waals surface area contributed by atoms with Gasteiger partial charge in [0.15, 0.2) is 5.69 Å². The van der Waals surface area contributed by atoms with Crippen LogP contribution in [0, 0.1) is 11.3 Å². The van der Waals surface area contributed by atoms with Crippen molar-refractivity contribution >= 4 is 11.7 Å². The first-order valence-corrected chi connectivity index (χ1v) is 7.69. The van der Waals surface area contributed by atoms with Gasteiger partial charge < -0.3 is 15.0 Å². The molecule has 1 unspecified atom stereocenters. The molecule has 0 aliphatic carbocycles. The van der Waals surface area contributed by atoms with Gasteiger partial charge in [0.25, 0.3) is 0 Å². The van der Waals surface area contributed by atoms with Crippen LogP contribution in [0.2, 0.25) is 0 Å². The molecule has 0 radical (unpaired) electrons. The van der Waals surface area contributed by atoms with Crippen LogP contribution in [0.15, 0.2) is 42.7 Å². The summed E-state index contributed by atoms with van der Waals surface area (Å²) in [5.41, 5.74) is 0.266. The minimum Gasteiger partial charge on any atom is -0.492 e. The highest BCUT2D eigenvalue weighted by Crippen LogP contribution is 2.15. The monoisotopic (exact) mass is 323 g/mol. The molecule has 1 N–H and O–H groups in total. The molecule has 1 aromatic heterocycles. The van der Waals surface area contributed by atoms with Gasteiger partial charge >= 0.3 is 0 Å². The number of nitriles is 1. The lowest BCUT2D eigenvalue weighted by Gasteiger charge is -2.17. The Kier molecular flexibility index (Phi) is 4.87. The molecule has 3 rings (SSSR count). The van der Waals surface area contributed by atoms with Crippen LogP contribution in [0.4, 0.5) is 5.82 Å². The lowest BCUT2D eigenvalue weighted by Crippen LogP contribution is -2.31. The Morgan fingerprint density at radius 1 is 1.29 bits per heavy atom. The summed E-state index contributed by atoms with van der Waals surface area (Å²) in [7, 11) is 0. The van der Waals surface area contributed by atoms with Crippen molar-refractivity contribution in [2.45, 2.75) is 12.5 Å². The first-order valence-electron chi connectivity index (χ1n) is 7.69. The van der Waals surface area contributed by atoms with E-state index in [1.54, 1.807) is 4.90 Å². The number of ether oxygens (including phenoxy) is 1. The molecule has 1 fully saturated rings. The smallest absolute Gasteiger partial charge is 0.224 e. The summed E-state index contributed by atoms with van der Waals surface area (Å²) >= 11 is 0. The van der Waals surface area contributed by atoms with Gasteiger partial charge in [-0.25, -0.2) is 9.97 Å². The Hall–Kier alpha value is -3.14. The van der Waals surface area contributed by atoms with E-state index < -0.39 is 0 Å². The number of nitrogens with zero attached hydrogens (tertiary/aromatic N) is 4. The van der Waals surface area contributed by atoms with E-state index in [-0.39, 0.29) is 17.6 Å². The number of hydrogen-bond donors (Lipinski definition) is 1. The molecule has 1 aliphatic rings. The van der Waals surface area contributed by atoms with Gasteiger partial charge in [-0.15, -0.1) is 0 Å². The van der Waals surface area contributed by atoms with Gasteiger partial charge in [0.2, 0.25) is 5.91 Å². The number of amides is 1. The number of carbonyl (C=O) groups is 1. The Labute approximate surface area is 139 Å². The van der Waals surface area contributed by atoms with E-state index in [2.05, 4.69) is 15.3 Å². The molecule has 1 aromatic carbocycles. The van der Waals surface area contributed by atoms with Gasteiger partial charge in [-0.3, -0.25) is 4.79 Å². The van der Waals surface area contributed by atoms with E-state index in [0.717, 1.165) is 5.75 Å². The number of hydrogen-bond acceptors (Lipinski definition) is 6. The molecule has 1 aliphatic heterocycles. The minimum absolute atomic E-state index is 0.0172. The zero-order valence-corrected chi connectivity index (χ0v) is 13.1. The Morgan fingerprint density at radius 3 is 2.83 bits per heavy atom. The molecule has 1 atom stereocenters. The predicted molar refractivity (Wildman–Crippen MR) is 87.3 cm³/mol. The van der Waals surface area contributed by atoms with Crippen LogP contribution in [0.3, 0.4) is 0 Å². The van der Waals surface area contributed by atoms with Gasteiger partial charge in [-0.05, 0) is 12.1 Å². The first-order chi connectivity index (χ1) is 11.7. The highest BCUT2D eigenvalue weighted by molar-refractivity contribution is 5.79. The van der Waals surface area contributed by atoms with Gasteiger partial charge in [0.1, 0.15) is 24.2 Å². The van der Waals surface area contributed by atoms with Crippen LogP contribution in [0.5, 0.6) is 5.75 Å². The van der Waals surface area contributed by atoms with Gasteiger partial charge in [-0.1, -0.05) is 18.2 Å². The number of nitrogens with one attached hydrogen (secondary N) is 1. The van der Waals surface area contributed by atoms with Crippen LogP contribution >= 0.6 is 0 Å². The zero-order valence-electron chi connectivity index (χ0n) is 13.1. The standard InChI is InChI=1S/C17H17N5O2/c18-9-14-10-20-16(11-19-14)21-13-8-17(23)22(12-13)6-7-24-15-4-2-1-3-5-15/h1-5,10-11,13H,6-8,12H2,(H,20,21). The maximum absolute atomic E-state index is 12.1. The Morgan fingerprint density at radius 2 is 2.12 bits per heavy atom. The first kappa shape index (κ1) is 15.7. The summed E-state index contributed by atoms with van der Waals surface area (Å²) in [6, 6.07) is 11.4. The predicted octanol–water partition coefficient (Wildman–Crippen LogP) is 1.44. The van der Waals surface area contributed by atoms with E-state index >= 15 is 0 Å². The fraction of sp³-hybridized carbons (Fsp3) is 0.294. The Bertz CT molecular complexity index is 727. The molecular formula is C17H17N5O2. The van der Waals surface area contributed by atoms with Gasteiger partial charge in [-0.2, -0.15) is 5.26 Å². The lowest BCUT2D eigenvalue weighted by molar-refractivity contribution is -0.128. The van der Waals surface area contributed by atoms with E-state index in [0.29, 0.717) is 31.9 Å². The van der Waals surface area contributed by atoms with Crippen LogP contribution in [0.25, 0.3) is 0 Å². The van der Waals surface area contributed by atoms with Crippen molar-refractivity contribution in [3.05, 3.63) is 48.4 Å². The second kappa shape index (κ2) is 7.42. The molecule has 1 saturated heterocycles.